The van der Waals surface area contributed by atoms with Gasteiger partial charge in [-0.25, -0.2) is 13.1 Å². The van der Waals surface area contributed by atoms with E-state index in [4.69, 9.17) is 5.11 Å². The van der Waals surface area contributed by atoms with Crippen molar-refractivity contribution >= 4 is 21.6 Å². The minimum absolute atomic E-state index is 0.0410. The number of amides is 1. The Balaban J connectivity index is 2.60. The van der Waals surface area contributed by atoms with Crippen molar-refractivity contribution in [3.05, 3.63) is 23.3 Å². The molecule has 2 rings (SSSR count). The van der Waals surface area contributed by atoms with Crippen LogP contribution in [0, 0.1) is 6.92 Å². The van der Waals surface area contributed by atoms with Gasteiger partial charge in [-0.2, -0.15) is 0 Å². The van der Waals surface area contributed by atoms with E-state index in [9.17, 15) is 13.2 Å². The minimum Gasteiger partial charge on any atom is -0.395 e. The standard InChI is InChI=1S/C14H20N2O4S/c1-9-7-10(21(19,20)15-5-6-17)8-11-12(9)16(4)13(18)14(11,2)3/h7-8,15,17H,5-6H2,1-4H3. The van der Waals surface area contributed by atoms with Gasteiger partial charge < -0.3 is 10.0 Å². The Morgan fingerprint density at radius 3 is 2.52 bits per heavy atom. The molecule has 7 heteroatoms. The second kappa shape index (κ2) is 5.08. The van der Waals surface area contributed by atoms with E-state index in [1.54, 1.807) is 44.9 Å². The first kappa shape index (κ1) is 15.9. The van der Waals surface area contributed by atoms with Gasteiger partial charge in [-0.1, -0.05) is 0 Å². The van der Waals surface area contributed by atoms with Crippen LogP contribution in [0.1, 0.15) is 25.0 Å². The number of nitrogens with one attached hydrogen (secondary N) is 1. The first-order valence-electron chi connectivity index (χ1n) is 6.66. The van der Waals surface area contributed by atoms with Crippen molar-refractivity contribution in [2.24, 2.45) is 0 Å². The maximum atomic E-state index is 12.3. The molecule has 1 heterocycles. The average molecular weight is 312 g/mol. The molecule has 1 aromatic carbocycles. The van der Waals surface area contributed by atoms with Crippen LogP contribution in [-0.4, -0.2) is 39.6 Å². The molecular formula is C14H20N2O4S. The number of nitrogens with zero attached hydrogens (tertiary/aromatic N) is 1. The van der Waals surface area contributed by atoms with E-state index in [1.807, 2.05) is 0 Å². The Morgan fingerprint density at radius 2 is 1.95 bits per heavy atom. The summed E-state index contributed by atoms with van der Waals surface area (Å²) in [6.07, 6.45) is 0. The number of aliphatic hydroxyl groups excluding tert-OH is 1. The molecule has 0 bridgehead atoms. The molecule has 0 fully saturated rings. The summed E-state index contributed by atoms with van der Waals surface area (Å²) in [5.41, 5.74) is 1.46. The topological polar surface area (TPSA) is 86.7 Å². The molecular weight excluding hydrogens is 292 g/mol. The van der Waals surface area contributed by atoms with E-state index < -0.39 is 15.4 Å². The van der Waals surface area contributed by atoms with Gasteiger partial charge in [0, 0.05) is 13.6 Å². The number of sulfonamides is 1. The van der Waals surface area contributed by atoms with Crippen LogP contribution in [0.4, 0.5) is 5.69 Å². The predicted molar refractivity (Wildman–Crippen MR) is 79.9 cm³/mol. The molecule has 0 atom stereocenters. The smallest absolute Gasteiger partial charge is 0.240 e. The minimum atomic E-state index is -3.69. The molecule has 0 saturated heterocycles. The predicted octanol–water partition coefficient (Wildman–Crippen LogP) is 0.520. The zero-order valence-electron chi connectivity index (χ0n) is 12.6. The molecule has 6 nitrogen and oxygen atoms in total. The second-order valence-electron chi connectivity index (χ2n) is 5.75. The Kier molecular flexibility index (Phi) is 3.86. The fraction of sp³-hybridized carbons (Fsp3) is 0.500. The van der Waals surface area contributed by atoms with Crippen molar-refractivity contribution < 1.29 is 18.3 Å². The number of aliphatic hydroxyl groups is 1. The SMILES string of the molecule is Cc1cc(S(=O)(=O)NCCO)cc2c1N(C)C(=O)C2(C)C. The third kappa shape index (κ3) is 2.45. The normalized spacial score (nSPS) is 17.2. The fourth-order valence-corrected chi connectivity index (χ4v) is 3.85. The number of likely N-dealkylation sites (N-methyl/N-ethyl adjacent to an activating group) is 1. The van der Waals surface area contributed by atoms with Crippen LogP contribution in [0.5, 0.6) is 0 Å². The highest BCUT2D eigenvalue weighted by Crippen LogP contribution is 2.43. The van der Waals surface area contributed by atoms with E-state index in [-0.39, 0.29) is 24.0 Å². The lowest BCUT2D eigenvalue weighted by Gasteiger charge is -2.17. The van der Waals surface area contributed by atoms with E-state index in [2.05, 4.69) is 4.72 Å². The van der Waals surface area contributed by atoms with Crippen molar-refractivity contribution in [1.82, 2.24) is 4.72 Å². The summed E-state index contributed by atoms with van der Waals surface area (Å²) in [6, 6.07) is 3.09. The van der Waals surface area contributed by atoms with Crippen LogP contribution in [0.3, 0.4) is 0 Å². The molecule has 0 aliphatic carbocycles. The van der Waals surface area contributed by atoms with E-state index in [0.29, 0.717) is 5.56 Å². The van der Waals surface area contributed by atoms with Gasteiger partial charge in [0.1, 0.15) is 0 Å². The van der Waals surface area contributed by atoms with Crippen LogP contribution >= 0.6 is 0 Å². The van der Waals surface area contributed by atoms with Gasteiger partial charge in [-0.15, -0.1) is 0 Å². The Labute approximate surface area is 124 Å². The quantitative estimate of drug-likeness (QED) is 0.848. The third-order valence-electron chi connectivity index (χ3n) is 3.84. The molecule has 1 aromatic rings. The van der Waals surface area contributed by atoms with E-state index in [0.717, 1.165) is 11.3 Å². The van der Waals surface area contributed by atoms with E-state index in [1.165, 1.54) is 0 Å². The lowest BCUT2D eigenvalue weighted by Crippen LogP contribution is -2.33. The van der Waals surface area contributed by atoms with E-state index >= 15 is 0 Å². The third-order valence-corrected chi connectivity index (χ3v) is 5.28. The van der Waals surface area contributed by atoms with Gasteiger partial charge in [0.05, 0.1) is 22.6 Å². The largest absolute Gasteiger partial charge is 0.395 e. The Bertz CT molecular complexity index is 695. The van der Waals surface area contributed by atoms with Crippen molar-refractivity contribution in [1.29, 1.82) is 0 Å². The van der Waals surface area contributed by atoms with Gasteiger partial charge >= 0.3 is 0 Å². The zero-order valence-corrected chi connectivity index (χ0v) is 13.4. The Morgan fingerprint density at radius 1 is 1.33 bits per heavy atom. The van der Waals surface area contributed by atoms with Crippen molar-refractivity contribution in [2.75, 3.05) is 25.1 Å². The highest BCUT2D eigenvalue weighted by atomic mass is 32.2. The van der Waals surface area contributed by atoms with Crippen LogP contribution in [-0.2, 0) is 20.2 Å². The average Bonchev–Trinajstić information content (AvgIpc) is 2.58. The molecule has 0 saturated carbocycles. The number of hydrogen-bond acceptors (Lipinski definition) is 4. The van der Waals surface area contributed by atoms with Crippen LogP contribution in [0.15, 0.2) is 17.0 Å². The van der Waals surface area contributed by atoms with Crippen molar-refractivity contribution in [3.63, 3.8) is 0 Å². The number of carbonyl (C=O) groups is 1. The van der Waals surface area contributed by atoms with Gasteiger partial charge in [0.2, 0.25) is 15.9 Å². The number of aryl methyl sites for hydroxylation is 1. The van der Waals surface area contributed by atoms with Gasteiger partial charge in [-0.3, -0.25) is 4.79 Å². The molecule has 1 aliphatic rings. The number of hydrogen-bond donors (Lipinski definition) is 2. The number of fused-ring (bicyclic) bond motifs is 1. The highest BCUT2D eigenvalue weighted by molar-refractivity contribution is 7.89. The molecule has 0 radical (unpaired) electrons. The molecule has 0 unspecified atom stereocenters. The summed E-state index contributed by atoms with van der Waals surface area (Å²) in [4.78, 5) is 14.0. The first-order chi connectivity index (χ1) is 9.63. The van der Waals surface area contributed by atoms with Crippen molar-refractivity contribution in [2.45, 2.75) is 31.1 Å². The molecule has 0 spiro atoms. The number of carbonyl (C=O) groups excluding carboxylic acids is 1. The zero-order chi connectivity index (χ0) is 16.0. The van der Waals surface area contributed by atoms with Gasteiger partial charge in [0.15, 0.2) is 0 Å². The molecule has 1 aliphatic heterocycles. The number of anilines is 1. The second-order valence-corrected chi connectivity index (χ2v) is 7.51. The van der Waals surface area contributed by atoms with Crippen LogP contribution in [0.25, 0.3) is 0 Å². The summed E-state index contributed by atoms with van der Waals surface area (Å²) in [7, 11) is -2.00. The maximum Gasteiger partial charge on any atom is 0.240 e. The first-order valence-corrected chi connectivity index (χ1v) is 8.15. The summed E-state index contributed by atoms with van der Waals surface area (Å²) in [6.45, 7) is 5.05. The number of rotatable bonds is 4. The molecule has 2 N–H and O–H groups in total. The van der Waals surface area contributed by atoms with Gasteiger partial charge in [-0.05, 0) is 44.0 Å². The lowest BCUT2D eigenvalue weighted by atomic mass is 9.85. The van der Waals surface area contributed by atoms with Gasteiger partial charge in [0.25, 0.3) is 0 Å². The summed E-state index contributed by atoms with van der Waals surface area (Å²) in [5.74, 6) is -0.0570. The molecule has 21 heavy (non-hydrogen) atoms. The molecule has 1 amide bonds. The highest BCUT2D eigenvalue weighted by Gasteiger charge is 2.43. The number of benzene rings is 1. The molecule has 0 aromatic heterocycles. The summed E-state index contributed by atoms with van der Waals surface area (Å²) >= 11 is 0. The maximum absolute atomic E-state index is 12.3. The monoisotopic (exact) mass is 312 g/mol. The fourth-order valence-electron chi connectivity index (χ4n) is 2.72. The summed E-state index contributed by atoms with van der Waals surface area (Å²) < 4.78 is 26.7. The molecule has 116 valence electrons. The lowest BCUT2D eigenvalue weighted by molar-refractivity contribution is -0.121. The summed E-state index contributed by atoms with van der Waals surface area (Å²) in [5, 5.41) is 8.76. The van der Waals surface area contributed by atoms with Crippen LogP contribution in [0.2, 0.25) is 0 Å². The Hall–Kier alpha value is -1.44. The van der Waals surface area contributed by atoms with Crippen molar-refractivity contribution in [3.8, 4) is 0 Å². The van der Waals surface area contributed by atoms with Crippen LogP contribution < -0.4 is 9.62 Å².